The highest BCUT2D eigenvalue weighted by Gasteiger charge is 2.27. The zero-order chi connectivity index (χ0) is 15.3. The first-order valence-corrected chi connectivity index (χ1v) is 8.75. The fourth-order valence-electron chi connectivity index (χ4n) is 2.43. The van der Waals surface area contributed by atoms with E-state index in [1.54, 1.807) is 19.3 Å². The quantitative estimate of drug-likeness (QED) is 0.865. The second-order valence-electron chi connectivity index (χ2n) is 5.18. The van der Waals surface area contributed by atoms with Crippen LogP contribution in [0.4, 0.5) is 5.69 Å². The summed E-state index contributed by atoms with van der Waals surface area (Å²) in [5, 5.41) is 3.06. The van der Waals surface area contributed by atoms with Crippen LogP contribution in [0.5, 0.6) is 0 Å². The van der Waals surface area contributed by atoms with Gasteiger partial charge in [-0.05, 0) is 32.3 Å². The van der Waals surface area contributed by atoms with Crippen LogP contribution in [0.3, 0.4) is 0 Å². The average Bonchev–Trinajstić information content (AvgIpc) is 2.49. The van der Waals surface area contributed by atoms with Crippen molar-refractivity contribution in [1.29, 1.82) is 0 Å². The molecule has 0 radical (unpaired) electrons. The largest absolute Gasteiger partial charge is 0.384 e. The topological polar surface area (TPSA) is 71.5 Å². The van der Waals surface area contributed by atoms with Crippen LogP contribution in [0, 0.1) is 0 Å². The maximum Gasteiger partial charge on any atom is 0.246 e. The SMILES string of the molecule is CCNc1ccncc1S(=O)(=O)N(C)CC1CCCCO1. The minimum absolute atomic E-state index is 0.0159. The maximum absolute atomic E-state index is 12.7. The molecule has 2 heterocycles. The Morgan fingerprint density at radius 3 is 2.95 bits per heavy atom. The third-order valence-electron chi connectivity index (χ3n) is 3.57. The molecule has 1 atom stereocenters. The van der Waals surface area contributed by atoms with E-state index in [4.69, 9.17) is 4.74 Å². The van der Waals surface area contributed by atoms with E-state index in [0.717, 1.165) is 19.3 Å². The maximum atomic E-state index is 12.7. The van der Waals surface area contributed by atoms with E-state index in [0.29, 0.717) is 25.4 Å². The number of ether oxygens (including phenoxy) is 1. The lowest BCUT2D eigenvalue weighted by molar-refractivity contribution is 0.00859. The molecule has 0 aromatic carbocycles. The van der Waals surface area contributed by atoms with Crippen molar-refractivity contribution in [2.45, 2.75) is 37.2 Å². The molecule has 7 heteroatoms. The minimum atomic E-state index is -3.56. The molecule has 2 rings (SSSR count). The molecule has 0 amide bonds. The van der Waals surface area contributed by atoms with Gasteiger partial charge in [-0.1, -0.05) is 0 Å². The number of rotatable bonds is 6. The summed E-state index contributed by atoms with van der Waals surface area (Å²) in [6.45, 7) is 3.68. The Morgan fingerprint density at radius 1 is 1.48 bits per heavy atom. The standard InChI is InChI=1S/C14H23N3O3S/c1-3-16-13-7-8-15-10-14(13)21(18,19)17(2)11-12-6-4-5-9-20-12/h7-8,10,12H,3-6,9,11H2,1-2H3,(H,15,16). The highest BCUT2D eigenvalue weighted by atomic mass is 32.2. The molecular formula is C14H23N3O3S. The molecule has 1 unspecified atom stereocenters. The van der Waals surface area contributed by atoms with Crippen molar-refractivity contribution < 1.29 is 13.2 Å². The number of anilines is 1. The van der Waals surface area contributed by atoms with Crippen LogP contribution in [-0.4, -0.2) is 50.6 Å². The average molecular weight is 313 g/mol. The predicted molar refractivity (Wildman–Crippen MR) is 81.8 cm³/mol. The fourth-order valence-corrected chi connectivity index (χ4v) is 3.74. The van der Waals surface area contributed by atoms with Crippen molar-refractivity contribution in [2.75, 3.05) is 32.1 Å². The summed E-state index contributed by atoms with van der Waals surface area (Å²) >= 11 is 0. The molecule has 0 saturated carbocycles. The second kappa shape index (κ2) is 7.20. The van der Waals surface area contributed by atoms with E-state index in [2.05, 4.69) is 10.3 Å². The summed E-state index contributed by atoms with van der Waals surface area (Å²) < 4.78 is 32.4. The highest BCUT2D eigenvalue weighted by molar-refractivity contribution is 7.89. The summed E-state index contributed by atoms with van der Waals surface area (Å²) in [5.41, 5.74) is 0.587. The Balaban J connectivity index is 2.16. The Bertz CT molecular complexity index is 556. The van der Waals surface area contributed by atoms with Gasteiger partial charge in [0.1, 0.15) is 4.90 Å². The van der Waals surface area contributed by atoms with Crippen molar-refractivity contribution in [3.63, 3.8) is 0 Å². The van der Waals surface area contributed by atoms with Gasteiger partial charge in [0.2, 0.25) is 10.0 Å². The van der Waals surface area contributed by atoms with Crippen molar-refractivity contribution in [2.24, 2.45) is 0 Å². The number of aromatic nitrogens is 1. The van der Waals surface area contributed by atoms with E-state index in [9.17, 15) is 8.42 Å². The zero-order valence-electron chi connectivity index (χ0n) is 12.6. The van der Waals surface area contributed by atoms with Gasteiger partial charge in [-0.2, -0.15) is 4.31 Å². The zero-order valence-corrected chi connectivity index (χ0v) is 13.4. The van der Waals surface area contributed by atoms with E-state index in [1.807, 2.05) is 6.92 Å². The van der Waals surface area contributed by atoms with Crippen molar-refractivity contribution in [3.05, 3.63) is 18.5 Å². The van der Waals surface area contributed by atoms with Gasteiger partial charge in [0.15, 0.2) is 0 Å². The molecule has 1 saturated heterocycles. The van der Waals surface area contributed by atoms with Crippen molar-refractivity contribution in [3.8, 4) is 0 Å². The fraction of sp³-hybridized carbons (Fsp3) is 0.643. The first kappa shape index (κ1) is 16.2. The van der Waals surface area contributed by atoms with Crippen molar-refractivity contribution in [1.82, 2.24) is 9.29 Å². The second-order valence-corrected chi connectivity index (χ2v) is 7.19. The Labute approximate surface area is 126 Å². The number of nitrogens with one attached hydrogen (secondary N) is 1. The Hall–Kier alpha value is -1.18. The first-order chi connectivity index (χ1) is 10.1. The molecule has 21 heavy (non-hydrogen) atoms. The normalized spacial score (nSPS) is 19.7. The molecule has 0 bridgehead atoms. The molecule has 1 aliphatic heterocycles. The number of sulfonamides is 1. The number of hydrogen-bond donors (Lipinski definition) is 1. The number of nitrogens with zero attached hydrogens (tertiary/aromatic N) is 2. The molecular weight excluding hydrogens is 290 g/mol. The third-order valence-corrected chi connectivity index (χ3v) is 5.43. The Kier molecular flexibility index (Phi) is 5.55. The summed E-state index contributed by atoms with van der Waals surface area (Å²) in [6, 6.07) is 1.68. The van der Waals surface area contributed by atoms with E-state index >= 15 is 0 Å². The lowest BCUT2D eigenvalue weighted by Gasteiger charge is -2.27. The molecule has 1 aromatic heterocycles. The number of pyridine rings is 1. The van der Waals surface area contributed by atoms with E-state index < -0.39 is 10.0 Å². The number of likely N-dealkylation sites (N-methyl/N-ethyl adjacent to an activating group) is 1. The summed E-state index contributed by atoms with van der Waals surface area (Å²) in [7, 11) is -1.97. The molecule has 0 aliphatic carbocycles. The molecule has 1 aromatic rings. The predicted octanol–water partition coefficient (Wildman–Crippen LogP) is 1.70. The number of hydrogen-bond acceptors (Lipinski definition) is 5. The molecule has 0 spiro atoms. The van der Waals surface area contributed by atoms with Gasteiger partial charge < -0.3 is 10.1 Å². The van der Waals surface area contributed by atoms with Crippen LogP contribution < -0.4 is 5.32 Å². The smallest absolute Gasteiger partial charge is 0.246 e. The lowest BCUT2D eigenvalue weighted by Crippen LogP contribution is -2.37. The van der Waals surface area contributed by atoms with Gasteiger partial charge >= 0.3 is 0 Å². The first-order valence-electron chi connectivity index (χ1n) is 7.31. The van der Waals surface area contributed by atoms with E-state index in [1.165, 1.54) is 10.5 Å². The van der Waals surface area contributed by atoms with Crippen LogP contribution in [-0.2, 0) is 14.8 Å². The molecule has 1 fully saturated rings. The monoisotopic (exact) mass is 313 g/mol. The van der Waals surface area contributed by atoms with Crippen LogP contribution >= 0.6 is 0 Å². The summed E-state index contributed by atoms with van der Waals surface area (Å²) in [4.78, 5) is 4.16. The van der Waals surface area contributed by atoms with Gasteiger partial charge in [0.05, 0.1) is 11.8 Å². The molecule has 1 N–H and O–H groups in total. The Morgan fingerprint density at radius 2 is 2.29 bits per heavy atom. The molecule has 118 valence electrons. The summed E-state index contributed by atoms with van der Waals surface area (Å²) in [6.07, 6.45) is 6.02. The van der Waals surface area contributed by atoms with Crippen LogP contribution in [0.2, 0.25) is 0 Å². The van der Waals surface area contributed by atoms with Crippen LogP contribution in [0.1, 0.15) is 26.2 Å². The summed E-state index contributed by atoms with van der Waals surface area (Å²) in [5.74, 6) is 0. The van der Waals surface area contributed by atoms with Crippen LogP contribution in [0.25, 0.3) is 0 Å². The van der Waals surface area contributed by atoms with Gasteiger partial charge in [0, 0.05) is 39.1 Å². The molecule has 6 nitrogen and oxygen atoms in total. The molecule has 1 aliphatic rings. The van der Waals surface area contributed by atoms with Gasteiger partial charge in [-0.15, -0.1) is 0 Å². The lowest BCUT2D eigenvalue weighted by atomic mass is 10.1. The van der Waals surface area contributed by atoms with Gasteiger partial charge in [0.25, 0.3) is 0 Å². The van der Waals surface area contributed by atoms with Crippen molar-refractivity contribution >= 4 is 15.7 Å². The van der Waals surface area contributed by atoms with Gasteiger partial charge in [-0.3, -0.25) is 4.98 Å². The van der Waals surface area contributed by atoms with Crippen LogP contribution in [0.15, 0.2) is 23.4 Å². The highest BCUT2D eigenvalue weighted by Crippen LogP contribution is 2.24. The van der Waals surface area contributed by atoms with E-state index in [-0.39, 0.29) is 11.0 Å². The minimum Gasteiger partial charge on any atom is -0.384 e. The van der Waals surface area contributed by atoms with Gasteiger partial charge in [-0.25, -0.2) is 8.42 Å². The third kappa shape index (κ3) is 3.93.